The summed E-state index contributed by atoms with van der Waals surface area (Å²) in [6.07, 6.45) is 7.76. The first kappa shape index (κ1) is 13.3. The van der Waals surface area contributed by atoms with E-state index in [1.54, 1.807) is 19.3 Å². The van der Waals surface area contributed by atoms with Gasteiger partial charge in [-0.1, -0.05) is 23.6 Å². The van der Waals surface area contributed by atoms with E-state index in [-0.39, 0.29) is 0 Å². The second-order valence-corrected chi connectivity index (χ2v) is 3.68. The minimum Gasteiger partial charge on any atom is -0.356 e. The number of nitrogens with zero attached hydrogens (tertiary/aromatic N) is 2. The van der Waals surface area contributed by atoms with Gasteiger partial charge in [-0.25, -0.2) is 4.98 Å². The molecule has 0 aliphatic heterocycles. The van der Waals surface area contributed by atoms with Gasteiger partial charge in [-0.3, -0.25) is 4.99 Å². The zero-order valence-electron chi connectivity index (χ0n) is 9.70. The first-order valence-electron chi connectivity index (χ1n) is 5.24. The number of terminal acetylenes is 1. The second kappa shape index (κ2) is 7.53. The van der Waals surface area contributed by atoms with Crippen LogP contribution in [-0.4, -0.2) is 31.1 Å². The molecule has 90 valence electrons. The minimum absolute atomic E-state index is 0.460. The molecule has 0 fully saturated rings. The molecule has 0 saturated carbocycles. The van der Waals surface area contributed by atoms with Crippen LogP contribution in [0, 0.1) is 12.3 Å². The number of nitrogens with one attached hydrogen (secondary N) is 2. The Labute approximate surface area is 107 Å². The van der Waals surface area contributed by atoms with Crippen LogP contribution >= 0.6 is 11.6 Å². The number of hydrogen-bond acceptors (Lipinski definition) is 2. The number of aromatic nitrogens is 1. The van der Waals surface area contributed by atoms with Gasteiger partial charge < -0.3 is 10.6 Å². The molecule has 0 aliphatic rings. The molecule has 0 aliphatic carbocycles. The summed E-state index contributed by atoms with van der Waals surface area (Å²) in [5.41, 5.74) is 1.12. The molecule has 0 spiro atoms. The highest BCUT2D eigenvalue weighted by Crippen LogP contribution is 2.05. The van der Waals surface area contributed by atoms with Crippen LogP contribution in [0.2, 0.25) is 5.15 Å². The highest BCUT2D eigenvalue weighted by Gasteiger charge is 1.97. The topological polar surface area (TPSA) is 49.3 Å². The van der Waals surface area contributed by atoms with Crippen molar-refractivity contribution >= 4 is 17.6 Å². The number of guanidine groups is 1. The highest BCUT2D eigenvalue weighted by molar-refractivity contribution is 6.29. The van der Waals surface area contributed by atoms with Gasteiger partial charge in [0, 0.05) is 19.8 Å². The molecule has 17 heavy (non-hydrogen) atoms. The third kappa shape index (κ3) is 5.23. The predicted molar refractivity (Wildman–Crippen MR) is 71.1 cm³/mol. The number of hydrogen-bond donors (Lipinski definition) is 2. The molecular formula is C12H15ClN4. The van der Waals surface area contributed by atoms with E-state index in [4.69, 9.17) is 18.0 Å². The normalized spacial score (nSPS) is 10.8. The van der Waals surface area contributed by atoms with E-state index in [0.717, 1.165) is 18.5 Å². The van der Waals surface area contributed by atoms with E-state index >= 15 is 0 Å². The fourth-order valence-corrected chi connectivity index (χ4v) is 1.35. The molecular weight excluding hydrogens is 236 g/mol. The van der Waals surface area contributed by atoms with E-state index in [0.29, 0.717) is 17.7 Å². The second-order valence-electron chi connectivity index (χ2n) is 3.30. The van der Waals surface area contributed by atoms with Gasteiger partial charge in [0.15, 0.2) is 5.96 Å². The Morgan fingerprint density at radius 3 is 2.94 bits per heavy atom. The van der Waals surface area contributed by atoms with Crippen LogP contribution in [0.4, 0.5) is 0 Å². The quantitative estimate of drug-likeness (QED) is 0.364. The standard InChI is InChI=1S/C12H15ClN4/c1-3-7-15-12(14-2)16-8-6-10-4-5-11(13)17-9-10/h1,4-5,9H,6-8H2,2H3,(H2,14,15,16). The number of halogens is 1. The Balaban J connectivity index is 2.32. The lowest BCUT2D eigenvalue weighted by Gasteiger charge is -2.09. The lowest BCUT2D eigenvalue weighted by molar-refractivity contribution is 0.822. The Hall–Kier alpha value is -1.73. The number of rotatable bonds is 4. The van der Waals surface area contributed by atoms with Gasteiger partial charge in [0.2, 0.25) is 0 Å². The summed E-state index contributed by atoms with van der Waals surface area (Å²) in [5.74, 6) is 3.19. The van der Waals surface area contributed by atoms with Crippen molar-refractivity contribution in [1.82, 2.24) is 15.6 Å². The Kier molecular flexibility index (Phi) is 5.91. The Morgan fingerprint density at radius 1 is 1.53 bits per heavy atom. The fraction of sp³-hybridized carbons (Fsp3) is 0.333. The van der Waals surface area contributed by atoms with Gasteiger partial charge in [-0.05, 0) is 18.1 Å². The van der Waals surface area contributed by atoms with Gasteiger partial charge in [-0.15, -0.1) is 6.42 Å². The molecule has 0 saturated heterocycles. The SMILES string of the molecule is C#CCNC(=NC)NCCc1ccc(Cl)nc1. The van der Waals surface area contributed by atoms with Crippen LogP contribution < -0.4 is 10.6 Å². The predicted octanol–water partition coefficient (Wildman–Crippen LogP) is 1.08. The van der Waals surface area contributed by atoms with Crippen LogP contribution in [0.15, 0.2) is 23.3 Å². The van der Waals surface area contributed by atoms with Crippen LogP contribution in [0.3, 0.4) is 0 Å². The summed E-state index contributed by atoms with van der Waals surface area (Å²) in [4.78, 5) is 8.04. The van der Waals surface area contributed by atoms with Crippen molar-refractivity contribution in [3.05, 3.63) is 29.0 Å². The summed E-state index contributed by atoms with van der Waals surface area (Å²) in [6.45, 7) is 1.22. The van der Waals surface area contributed by atoms with E-state index in [1.165, 1.54) is 0 Å². The van der Waals surface area contributed by atoms with Crippen molar-refractivity contribution in [3.8, 4) is 12.3 Å². The molecule has 4 nitrogen and oxygen atoms in total. The summed E-state index contributed by atoms with van der Waals surface area (Å²) in [5, 5.41) is 6.64. The summed E-state index contributed by atoms with van der Waals surface area (Å²) in [7, 11) is 1.70. The number of pyridine rings is 1. The lowest BCUT2D eigenvalue weighted by Crippen LogP contribution is -2.38. The zero-order valence-corrected chi connectivity index (χ0v) is 10.5. The van der Waals surface area contributed by atoms with E-state index in [9.17, 15) is 0 Å². The molecule has 0 bridgehead atoms. The largest absolute Gasteiger partial charge is 0.356 e. The van der Waals surface area contributed by atoms with Crippen molar-refractivity contribution in [2.75, 3.05) is 20.1 Å². The van der Waals surface area contributed by atoms with Gasteiger partial charge in [-0.2, -0.15) is 0 Å². The maximum atomic E-state index is 5.70. The third-order valence-electron chi connectivity index (χ3n) is 2.08. The Bertz CT molecular complexity index is 406. The van der Waals surface area contributed by atoms with Gasteiger partial charge in [0.25, 0.3) is 0 Å². The van der Waals surface area contributed by atoms with Gasteiger partial charge in [0.05, 0.1) is 6.54 Å². The lowest BCUT2D eigenvalue weighted by atomic mass is 10.2. The molecule has 0 amide bonds. The fourth-order valence-electron chi connectivity index (χ4n) is 1.23. The zero-order chi connectivity index (χ0) is 12.5. The number of aliphatic imine (C=N–C) groups is 1. The van der Waals surface area contributed by atoms with E-state index in [2.05, 4.69) is 26.5 Å². The van der Waals surface area contributed by atoms with Crippen LogP contribution in [0.5, 0.6) is 0 Å². The average molecular weight is 251 g/mol. The average Bonchev–Trinajstić information content (AvgIpc) is 2.36. The molecule has 0 atom stereocenters. The third-order valence-corrected chi connectivity index (χ3v) is 2.30. The first-order chi connectivity index (χ1) is 8.26. The van der Waals surface area contributed by atoms with Crippen LogP contribution in [0.25, 0.3) is 0 Å². The van der Waals surface area contributed by atoms with Crippen molar-refractivity contribution in [2.45, 2.75) is 6.42 Å². The molecule has 0 unspecified atom stereocenters. The Morgan fingerprint density at radius 2 is 2.35 bits per heavy atom. The van der Waals surface area contributed by atoms with E-state index in [1.807, 2.05) is 6.07 Å². The van der Waals surface area contributed by atoms with Crippen molar-refractivity contribution in [1.29, 1.82) is 0 Å². The molecule has 1 rings (SSSR count). The van der Waals surface area contributed by atoms with Crippen molar-refractivity contribution in [2.24, 2.45) is 4.99 Å². The van der Waals surface area contributed by atoms with Crippen molar-refractivity contribution < 1.29 is 0 Å². The van der Waals surface area contributed by atoms with Gasteiger partial charge >= 0.3 is 0 Å². The van der Waals surface area contributed by atoms with Crippen LogP contribution in [0.1, 0.15) is 5.56 Å². The molecule has 0 radical (unpaired) electrons. The smallest absolute Gasteiger partial charge is 0.191 e. The molecule has 2 N–H and O–H groups in total. The maximum absolute atomic E-state index is 5.70. The summed E-state index contributed by atoms with van der Waals surface area (Å²) >= 11 is 5.70. The highest BCUT2D eigenvalue weighted by atomic mass is 35.5. The van der Waals surface area contributed by atoms with Gasteiger partial charge in [0.1, 0.15) is 5.15 Å². The molecule has 0 aromatic carbocycles. The summed E-state index contributed by atoms with van der Waals surface area (Å²) < 4.78 is 0. The summed E-state index contributed by atoms with van der Waals surface area (Å²) in [6, 6.07) is 3.73. The molecule has 1 aromatic heterocycles. The molecule has 1 aromatic rings. The van der Waals surface area contributed by atoms with Crippen LogP contribution in [-0.2, 0) is 6.42 Å². The molecule has 5 heteroatoms. The van der Waals surface area contributed by atoms with E-state index < -0.39 is 0 Å². The maximum Gasteiger partial charge on any atom is 0.191 e. The minimum atomic E-state index is 0.460. The first-order valence-corrected chi connectivity index (χ1v) is 5.62. The molecule has 1 heterocycles. The monoisotopic (exact) mass is 250 g/mol. The van der Waals surface area contributed by atoms with Crippen molar-refractivity contribution in [3.63, 3.8) is 0 Å².